The predicted octanol–water partition coefficient (Wildman–Crippen LogP) is 2.34. The van der Waals surface area contributed by atoms with Gasteiger partial charge in [0.15, 0.2) is 0 Å². The van der Waals surface area contributed by atoms with Crippen LogP contribution in [-0.2, 0) is 4.79 Å². The minimum atomic E-state index is -0.339. The minimum absolute atomic E-state index is 0.0894. The Labute approximate surface area is 144 Å². The van der Waals surface area contributed by atoms with Crippen molar-refractivity contribution in [2.45, 2.75) is 25.8 Å². The lowest BCUT2D eigenvalue weighted by Crippen LogP contribution is -2.39. The number of anilines is 1. The molecule has 1 fully saturated rings. The van der Waals surface area contributed by atoms with Gasteiger partial charge in [0.25, 0.3) is 0 Å². The molecule has 3 rings (SSSR count). The standard InChI is InChI=1S/C16H19N5O2S/c1-2-8-21-10-12(9-13(21)22)17-16(23)18-15-14(19-20-24-15)11-6-4-3-5-7-11/h3-7,12H,2,8-10H2,1H3,(H2,17,18,23). The summed E-state index contributed by atoms with van der Waals surface area (Å²) >= 11 is 1.13. The lowest BCUT2D eigenvalue weighted by Gasteiger charge is -2.16. The molecule has 1 unspecified atom stereocenters. The highest BCUT2D eigenvalue weighted by molar-refractivity contribution is 7.10. The molecule has 0 bridgehead atoms. The van der Waals surface area contributed by atoms with Gasteiger partial charge in [-0.1, -0.05) is 41.7 Å². The fourth-order valence-electron chi connectivity index (χ4n) is 2.74. The smallest absolute Gasteiger partial charge is 0.320 e. The molecule has 126 valence electrons. The molecule has 1 saturated heterocycles. The van der Waals surface area contributed by atoms with Gasteiger partial charge in [0.1, 0.15) is 10.7 Å². The van der Waals surface area contributed by atoms with Gasteiger partial charge in [0.05, 0.1) is 6.04 Å². The average Bonchev–Trinajstić information content (AvgIpc) is 3.15. The van der Waals surface area contributed by atoms with E-state index in [4.69, 9.17) is 0 Å². The first-order chi connectivity index (χ1) is 11.7. The van der Waals surface area contributed by atoms with Crippen LogP contribution in [0, 0.1) is 0 Å². The van der Waals surface area contributed by atoms with Gasteiger partial charge >= 0.3 is 6.03 Å². The van der Waals surface area contributed by atoms with Gasteiger partial charge in [-0.15, -0.1) is 5.10 Å². The second kappa shape index (κ2) is 7.39. The summed E-state index contributed by atoms with van der Waals surface area (Å²) < 4.78 is 3.92. The number of carbonyl (C=O) groups excluding carboxylic acids is 2. The summed E-state index contributed by atoms with van der Waals surface area (Å²) in [6, 6.07) is 9.06. The number of nitrogens with zero attached hydrogens (tertiary/aromatic N) is 3. The number of rotatable bonds is 5. The predicted molar refractivity (Wildman–Crippen MR) is 92.8 cm³/mol. The molecule has 7 nitrogen and oxygen atoms in total. The van der Waals surface area contributed by atoms with Crippen LogP contribution in [-0.4, -0.2) is 45.6 Å². The highest BCUT2D eigenvalue weighted by Gasteiger charge is 2.30. The molecule has 1 atom stereocenters. The van der Waals surface area contributed by atoms with Crippen molar-refractivity contribution < 1.29 is 9.59 Å². The topological polar surface area (TPSA) is 87.2 Å². The average molecular weight is 345 g/mol. The van der Waals surface area contributed by atoms with Crippen LogP contribution in [0.1, 0.15) is 19.8 Å². The molecule has 0 aliphatic carbocycles. The summed E-state index contributed by atoms with van der Waals surface area (Å²) in [4.78, 5) is 25.9. The van der Waals surface area contributed by atoms with Crippen LogP contribution in [0.3, 0.4) is 0 Å². The second-order valence-electron chi connectivity index (χ2n) is 5.66. The number of amides is 3. The summed E-state index contributed by atoms with van der Waals surface area (Å²) in [6.07, 6.45) is 1.26. The Hall–Kier alpha value is -2.48. The van der Waals surface area contributed by atoms with Gasteiger partial charge in [-0.3, -0.25) is 10.1 Å². The summed E-state index contributed by atoms with van der Waals surface area (Å²) in [5.74, 6) is 0.0894. The molecular weight excluding hydrogens is 326 g/mol. The molecule has 2 N–H and O–H groups in total. The molecule has 0 saturated carbocycles. The van der Waals surface area contributed by atoms with Crippen LogP contribution >= 0.6 is 11.5 Å². The molecule has 0 spiro atoms. The third-order valence-corrected chi connectivity index (χ3v) is 4.45. The molecule has 1 aromatic carbocycles. The molecule has 8 heteroatoms. The monoisotopic (exact) mass is 345 g/mol. The number of hydrogen-bond acceptors (Lipinski definition) is 5. The lowest BCUT2D eigenvalue weighted by molar-refractivity contribution is -0.127. The SMILES string of the molecule is CCCN1CC(NC(=O)Nc2snnc2-c2ccccc2)CC1=O. The van der Waals surface area contributed by atoms with Crippen molar-refractivity contribution in [3.63, 3.8) is 0 Å². The maximum absolute atomic E-state index is 12.2. The summed E-state index contributed by atoms with van der Waals surface area (Å²) in [6.45, 7) is 3.32. The number of hydrogen-bond donors (Lipinski definition) is 2. The van der Waals surface area contributed by atoms with E-state index in [1.54, 1.807) is 4.90 Å². The Balaban J connectivity index is 1.61. The fraction of sp³-hybridized carbons (Fsp3) is 0.375. The first-order valence-corrected chi connectivity index (χ1v) is 8.67. The van der Waals surface area contributed by atoms with Crippen LogP contribution in [0.5, 0.6) is 0 Å². The zero-order valence-electron chi connectivity index (χ0n) is 13.4. The van der Waals surface area contributed by atoms with E-state index in [9.17, 15) is 9.59 Å². The van der Waals surface area contributed by atoms with E-state index in [2.05, 4.69) is 20.2 Å². The molecule has 2 heterocycles. The van der Waals surface area contributed by atoms with E-state index >= 15 is 0 Å². The molecule has 0 radical (unpaired) electrons. The molecule has 3 amide bonds. The highest BCUT2D eigenvalue weighted by Crippen LogP contribution is 2.28. The largest absolute Gasteiger partial charge is 0.341 e. The number of nitrogens with one attached hydrogen (secondary N) is 2. The minimum Gasteiger partial charge on any atom is -0.341 e. The Bertz CT molecular complexity index is 718. The van der Waals surface area contributed by atoms with E-state index in [0.717, 1.165) is 30.1 Å². The van der Waals surface area contributed by atoms with E-state index in [-0.39, 0.29) is 18.0 Å². The van der Waals surface area contributed by atoms with Gasteiger partial charge < -0.3 is 10.2 Å². The summed E-state index contributed by atoms with van der Waals surface area (Å²) in [7, 11) is 0. The zero-order valence-corrected chi connectivity index (χ0v) is 14.2. The summed E-state index contributed by atoms with van der Waals surface area (Å²) in [5, 5.41) is 10.3. The first-order valence-electron chi connectivity index (χ1n) is 7.90. The number of carbonyl (C=O) groups is 2. The molecule has 1 aliphatic rings. The van der Waals surface area contributed by atoms with Gasteiger partial charge in [0, 0.05) is 36.6 Å². The Kier molecular flexibility index (Phi) is 5.05. The van der Waals surface area contributed by atoms with Gasteiger partial charge in [-0.05, 0) is 6.42 Å². The Morgan fingerprint density at radius 2 is 2.17 bits per heavy atom. The van der Waals surface area contributed by atoms with Gasteiger partial charge in [-0.25, -0.2) is 4.79 Å². The van der Waals surface area contributed by atoms with Crippen LogP contribution in [0.2, 0.25) is 0 Å². The van der Waals surface area contributed by atoms with Crippen molar-refractivity contribution in [3.05, 3.63) is 30.3 Å². The van der Waals surface area contributed by atoms with Crippen molar-refractivity contribution in [2.75, 3.05) is 18.4 Å². The van der Waals surface area contributed by atoms with Gasteiger partial charge in [-0.2, -0.15) is 0 Å². The molecular formula is C16H19N5O2S. The maximum Gasteiger partial charge on any atom is 0.320 e. The number of aromatic nitrogens is 2. The quantitative estimate of drug-likeness (QED) is 0.871. The van der Waals surface area contributed by atoms with Crippen LogP contribution < -0.4 is 10.6 Å². The lowest BCUT2D eigenvalue weighted by atomic mass is 10.2. The van der Waals surface area contributed by atoms with Crippen molar-refractivity contribution in [2.24, 2.45) is 0 Å². The molecule has 2 aromatic rings. The second-order valence-corrected chi connectivity index (χ2v) is 6.41. The van der Waals surface area contributed by atoms with Crippen molar-refractivity contribution in [1.29, 1.82) is 0 Å². The summed E-state index contributed by atoms with van der Waals surface area (Å²) in [5.41, 5.74) is 1.54. The molecule has 1 aromatic heterocycles. The van der Waals surface area contributed by atoms with Gasteiger partial charge in [0.2, 0.25) is 5.91 Å². The maximum atomic E-state index is 12.2. The first kappa shape index (κ1) is 16.4. The van der Waals surface area contributed by atoms with Crippen molar-refractivity contribution in [1.82, 2.24) is 19.8 Å². The van der Waals surface area contributed by atoms with Crippen molar-refractivity contribution in [3.8, 4) is 11.3 Å². The normalized spacial score (nSPS) is 17.1. The van der Waals surface area contributed by atoms with Crippen LogP contribution in [0.15, 0.2) is 30.3 Å². The van der Waals surface area contributed by atoms with Crippen LogP contribution in [0.4, 0.5) is 9.80 Å². The Morgan fingerprint density at radius 1 is 1.38 bits per heavy atom. The van der Waals surface area contributed by atoms with E-state index in [1.165, 1.54) is 0 Å². The third kappa shape index (κ3) is 3.70. The van der Waals surface area contributed by atoms with Crippen molar-refractivity contribution >= 4 is 28.5 Å². The van der Waals surface area contributed by atoms with E-state index in [1.807, 2.05) is 37.3 Å². The third-order valence-electron chi connectivity index (χ3n) is 3.81. The molecule has 1 aliphatic heterocycles. The zero-order chi connectivity index (χ0) is 16.9. The fourth-order valence-corrected chi connectivity index (χ4v) is 3.32. The number of urea groups is 1. The Morgan fingerprint density at radius 3 is 2.92 bits per heavy atom. The number of likely N-dealkylation sites (tertiary alicyclic amines) is 1. The molecule has 24 heavy (non-hydrogen) atoms. The highest BCUT2D eigenvalue weighted by atomic mass is 32.1. The number of benzene rings is 1. The van der Waals surface area contributed by atoms with Crippen LogP contribution in [0.25, 0.3) is 11.3 Å². The van der Waals surface area contributed by atoms with E-state index in [0.29, 0.717) is 23.7 Å². The van der Waals surface area contributed by atoms with E-state index < -0.39 is 0 Å².